The first kappa shape index (κ1) is 21.6. The minimum atomic E-state index is -3.45. The van der Waals surface area contributed by atoms with Crippen molar-refractivity contribution in [3.8, 4) is 0 Å². The summed E-state index contributed by atoms with van der Waals surface area (Å²) in [5.74, 6) is -0.116. The van der Waals surface area contributed by atoms with Crippen molar-refractivity contribution in [3.05, 3.63) is 75.8 Å². The van der Waals surface area contributed by atoms with Crippen LogP contribution >= 0.6 is 15.9 Å². The molecule has 2 aromatic carbocycles. The molecule has 0 bridgehead atoms. The fourth-order valence-electron chi connectivity index (χ4n) is 3.32. The van der Waals surface area contributed by atoms with Crippen LogP contribution in [0, 0.1) is 0 Å². The van der Waals surface area contributed by atoms with Gasteiger partial charge in [0, 0.05) is 16.6 Å². The molecule has 0 fully saturated rings. The number of halogens is 1. The number of rotatable bonds is 7. The number of benzene rings is 2. The lowest BCUT2D eigenvalue weighted by Gasteiger charge is -2.23. The Hall–Kier alpha value is -2.12. The second-order valence-electron chi connectivity index (χ2n) is 7.24. The molecule has 3 rings (SSSR count). The van der Waals surface area contributed by atoms with E-state index in [-0.39, 0.29) is 12.5 Å². The SMILES string of the molecule is CS(=O)(=O)N(Cc1ccc(C(=O)NCC2=CCCCC2)cc1)c1cccc(Br)c1. The molecule has 0 saturated heterocycles. The van der Waals surface area contributed by atoms with Crippen LogP contribution in [0.1, 0.15) is 41.6 Å². The van der Waals surface area contributed by atoms with Crippen molar-refractivity contribution < 1.29 is 13.2 Å². The topological polar surface area (TPSA) is 66.5 Å². The highest BCUT2D eigenvalue weighted by Gasteiger charge is 2.18. The number of carbonyl (C=O) groups is 1. The molecular formula is C22H25BrN2O3S. The molecule has 1 N–H and O–H groups in total. The smallest absolute Gasteiger partial charge is 0.251 e. The number of allylic oxidation sites excluding steroid dienone is 1. The van der Waals surface area contributed by atoms with E-state index in [9.17, 15) is 13.2 Å². The fourth-order valence-corrected chi connectivity index (χ4v) is 4.59. The molecule has 1 aliphatic rings. The van der Waals surface area contributed by atoms with E-state index < -0.39 is 10.0 Å². The number of hydrogen-bond acceptors (Lipinski definition) is 3. The average molecular weight is 477 g/mol. The first-order valence-electron chi connectivity index (χ1n) is 9.61. The van der Waals surface area contributed by atoms with Crippen LogP contribution in [0.15, 0.2) is 64.7 Å². The minimum Gasteiger partial charge on any atom is -0.348 e. The van der Waals surface area contributed by atoms with Crippen molar-refractivity contribution in [2.75, 3.05) is 17.1 Å². The van der Waals surface area contributed by atoms with Crippen molar-refractivity contribution in [2.45, 2.75) is 32.2 Å². The first-order valence-corrected chi connectivity index (χ1v) is 12.3. The highest BCUT2D eigenvalue weighted by atomic mass is 79.9. The molecule has 0 atom stereocenters. The van der Waals surface area contributed by atoms with E-state index in [2.05, 4.69) is 27.3 Å². The number of nitrogens with zero attached hydrogens (tertiary/aromatic N) is 1. The van der Waals surface area contributed by atoms with Crippen LogP contribution in [-0.2, 0) is 16.6 Å². The highest BCUT2D eigenvalue weighted by Crippen LogP contribution is 2.24. The lowest BCUT2D eigenvalue weighted by Crippen LogP contribution is -2.29. The molecule has 1 aliphatic carbocycles. The molecular weight excluding hydrogens is 452 g/mol. The van der Waals surface area contributed by atoms with Crippen molar-refractivity contribution in [2.24, 2.45) is 0 Å². The Balaban J connectivity index is 1.68. The van der Waals surface area contributed by atoms with Gasteiger partial charge in [-0.25, -0.2) is 8.42 Å². The Morgan fingerprint density at radius 1 is 1.14 bits per heavy atom. The summed E-state index contributed by atoms with van der Waals surface area (Å²) < 4.78 is 26.8. The lowest BCUT2D eigenvalue weighted by atomic mass is 9.99. The van der Waals surface area contributed by atoms with Crippen LogP contribution in [0.25, 0.3) is 0 Å². The zero-order valence-corrected chi connectivity index (χ0v) is 18.8. The van der Waals surface area contributed by atoms with Crippen LogP contribution in [0.3, 0.4) is 0 Å². The molecule has 0 saturated carbocycles. The first-order chi connectivity index (χ1) is 13.8. The molecule has 0 radical (unpaired) electrons. The van der Waals surface area contributed by atoms with Crippen LogP contribution in [-0.4, -0.2) is 27.1 Å². The zero-order valence-electron chi connectivity index (χ0n) is 16.4. The number of amides is 1. The highest BCUT2D eigenvalue weighted by molar-refractivity contribution is 9.10. The Morgan fingerprint density at radius 2 is 1.90 bits per heavy atom. The van der Waals surface area contributed by atoms with Crippen LogP contribution in [0.5, 0.6) is 0 Å². The molecule has 0 spiro atoms. The monoisotopic (exact) mass is 476 g/mol. The fraction of sp³-hybridized carbons (Fsp3) is 0.318. The molecule has 1 amide bonds. The molecule has 0 heterocycles. The summed E-state index contributed by atoms with van der Waals surface area (Å²) in [7, 11) is -3.45. The maximum atomic E-state index is 12.4. The quantitative estimate of drug-likeness (QED) is 0.591. The molecule has 29 heavy (non-hydrogen) atoms. The third-order valence-electron chi connectivity index (χ3n) is 4.90. The summed E-state index contributed by atoms with van der Waals surface area (Å²) in [4.78, 5) is 12.4. The molecule has 0 aliphatic heterocycles. The summed E-state index contributed by atoms with van der Waals surface area (Å²) in [5, 5.41) is 2.97. The van der Waals surface area contributed by atoms with E-state index >= 15 is 0 Å². The van der Waals surface area contributed by atoms with Crippen molar-refractivity contribution in [1.29, 1.82) is 0 Å². The number of nitrogens with one attached hydrogen (secondary N) is 1. The Bertz CT molecular complexity index is 1000. The summed E-state index contributed by atoms with van der Waals surface area (Å²) in [6.07, 6.45) is 7.96. The van der Waals surface area contributed by atoms with E-state index in [0.717, 1.165) is 22.9 Å². The zero-order chi connectivity index (χ0) is 20.9. The van der Waals surface area contributed by atoms with Gasteiger partial charge in [0.25, 0.3) is 5.91 Å². The van der Waals surface area contributed by atoms with E-state index in [1.807, 2.05) is 6.07 Å². The van der Waals surface area contributed by atoms with Gasteiger partial charge in [0.05, 0.1) is 18.5 Å². The standard InChI is InChI=1S/C22H25BrN2O3S/c1-29(27,28)25(21-9-5-8-20(23)14-21)16-18-10-12-19(13-11-18)22(26)24-15-17-6-3-2-4-7-17/h5-6,8-14H,2-4,7,15-16H2,1H3,(H,24,26). The van der Waals surface area contributed by atoms with Crippen LogP contribution in [0.2, 0.25) is 0 Å². The van der Waals surface area contributed by atoms with Crippen molar-refractivity contribution in [1.82, 2.24) is 5.32 Å². The largest absolute Gasteiger partial charge is 0.348 e. The summed E-state index contributed by atoms with van der Waals surface area (Å²) in [6, 6.07) is 14.2. The van der Waals surface area contributed by atoms with E-state index in [0.29, 0.717) is 17.8 Å². The van der Waals surface area contributed by atoms with Crippen LogP contribution < -0.4 is 9.62 Å². The van der Waals surface area contributed by atoms with Gasteiger partial charge in [0.15, 0.2) is 0 Å². The molecule has 0 unspecified atom stereocenters. The molecule has 2 aromatic rings. The van der Waals surface area contributed by atoms with E-state index in [4.69, 9.17) is 0 Å². The number of anilines is 1. The summed E-state index contributed by atoms with van der Waals surface area (Å²) >= 11 is 3.38. The maximum Gasteiger partial charge on any atom is 0.251 e. The van der Waals surface area contributed by atoms with E-state index in [1.165, 1.54) is 29.0 Å². The van der Waals surface area contributed by atoms with Gasteiger partial charge < -0.3 is 5.32 Å². The predicted octanol–water partition coefficient (Wildman–Crippen LogP) is 4.65. The van der Waals surface area contributed by atoms with Crippen molar-refractivity contribution >= 4 is 37.5 Å². The minimum absolute atomic E-state index is 0.116. The number of carbonyl (C=O) groups excluding carboxylic acids is 1. The van der Waals surface area contributed by atoms with E-state index in [1.54, 1.807) is 42.5 Å². The average Bonchev–Trinajstić information content (AvgIpc) is 2.70. The molecule has 154 valence electrons. The maximum absolute atomic E-state index is 12.4. The van der Waals surface area contributed by atoms with Crippen molar-refractivity contribution in [3.63, 3.8) is 0 Å². The molecule has 7 heteroatoms. The Kier molecular flexibility index (Phi) is 7.14. The summed E-state index contributed by atoms with van der Waals surface area (Å²) in [5.41, 5.74) is 3.25. The number of sulfonamides is 1. The summed E-state index contributed by atoms with van der Waals surface area (Å²) in [6.45, 7) is 0.787. The lowest BCUT2D eigenvalue weighted by molar-refractivity contribution is 0.0956. The third kappa shape index (κ3) is 6.18. The molecule has 0 aromatic heterocycles. The van der Waals surface area contributed by atoms with Crippen LogP contribution in [0.4, 0.5) is 5.69 Å². The van der Waals surface area contributed by atoms with Gasteiger partial charge in [-0.2, -0.15) is 0 Å². The van der Waals surface area contributed by atoms with Gasteiger partial charge in [-0.1, -0.05) is 45.8 Å². The normalized spacial score (nSPS) is 14.2. The van der Waals surface area contributed by atoms with Gasteiger partial charge in [-0.05, 0) is 61.6 Å². The Labute approximate surface area is 181 Å². The second-order valence-corrected chi connectivity index (χ2v) is 10.1. The van der Waals surface area contributed by atoms with Gasteiger partial charge in [0.2, 0.25) is 10.0 Å². The van der Waals surface area contributed by atoms with Gasteiger partial charge in [-0.15, -0.1) is 0 Å². The predicted molar refractivity (Wildman–Crippen MR) is 120 cm³/mol. The van der Waals surface area contributed by atoms with Gasteiger partial charge >= 0.3 is 0 Å². The van der Waals surface area contributed by atoms with Gasteiger partial charge in [0.1, 0.15) is 0 Å². The second kappa shape index (κ2) is 9.59. The Morgan fingerprint density at radius 3 is 2.52 bits per heavy atom. The van der Waals surface area contributed by atoms with Gasteiger partial charge in [-0.3, -0.25) is 9.10 Å². The molecule has 5 nitrogen and oxygen atoms in total. The third-order valence-corrected chi connectivity index (χ3v) is 6.53. The number of hydrogen-bond donors (Lipinski definition) is 1.